The molecule has 0 aromatic heterocycles. The standard InChI is InChI=1S/C12H16N2O2/c1-8-5-4-6-10(8)11(12(16)13-3)9(2)14-7-15/h4-5,7H,6H2,1-3H3,(H,13,16)(H,14,15)/b11-9+. The van der Waals surface area contributed by atoms with E-state index in [2.05, 4.69) is 10.6 Å². The van der Waals surface area contributed by atoms with Crippen LogP contribution in [0, 0.1) is 0 Å². The van der Waals surface area contributed by atoms with Gasteiger partial charge in [0.2, 0.25) is 6.41 Å². The number of hydrogen-bond acceptors (Lipinski definition) is 2. The second-order valence-corrected chi connectivity index (χ2v) is 3.61. The zero-order valence-corrected chi connectivity index (χ0v) is 9.76. The summed E-state index contributed by atoms with van der Waals surface area (Å²) in [6.07, 6.45) is 5.29. The fourth-order valence-electron chi connectivity index (χ4n) is 1.73. The van der Waals surface area contributed by atoms with E-state index in [1.54, 1.807) is 14.0 Å². The highest BCUT2D eigenvalue weighted by atomic mass is 16.1. The van der Waals surface area contributed by atoms with E-state index in [1.165, 1.54) is 0 Å². The first kappa shape index (κ1) is 12.2. The Morgan fingerprint density at radius 3 is 2.62 bits per heavy atom. The molecule has 16 heavy (non-hydrogen) atoms. The third-order valence-corrected chi connectivity index (χ3v) is 2.57. The maximum Gasteiger partial charge on any atom is 0.253 e. The maximum atomic E-state index is 11.8. The van der Waals surface area contributed by atoms with Crippen molar-refractivity contribution in [2.75, 3.05) is 7.05 Å². The van der Waals surface area contributed by atoms with Crippen LogP contribution in [0.5, 0.6) is 0 Å². The molecule has 0 aliphatic heterocycles. The molecule has 0 atom stereocenters. The molecule has 0 spiro atoms. The summed E-state index contributed by atoms with van der Waals surface area (Å²) in [5, 5.41) is 5.12. The van der Waals surface area contributed by atoms with Crippen molar-refractivity contribution in [2.24, 2.45) is 0 Å². The third kappa shape index (κ3) is 2.39. The van der Waals surface area contributed by atoms with Gasteiger partial charge < -0.3 is 10.6 Å². The molecule has 1 aliphatic rings. The van der Waals surface area contributed by atoms with Gasteiger partial charge in [-0.15, -0.1) is 0 Å². The lowest BCUT2D eigenvalue weighted by Gasteiger charge is -2.12. The van der Waals surface area contributed by atoms with Crippen molar-refractivity contribution in [3.63, 3.8) is 0 Å². The van der Waals surface area contributed by atoms with Crippen LogP contribution in [0.1, 0.15) is 20.3 Å². The van der Waals surface area contributed by atoms with E-state index in [9.17, 15) is 9.59 Å². The summed E-state index contributed by atoms with van der Waals surface area (Å²) in [6, 6.07) is 0. The average Bonchev–Trinajstić information content (AvgIpc) is 2.65. The summed E-state index contributed by atoms with van der Waals surface area (Å²) in [6.45, 7) is 3.67. The van der Waals surface area contributed by atoms with Crippen LogP contribution in [0.4, 0.5) is 0 Å². The first-order valence-corrected chi connectivity index (χ1v) is 5.11. The largest absolute Gasteiger partial charge is 0.355 e. The lowest BCUT2D eigenvalue weighted by atomic mass is 9.99. The van der Waals surface area contributed by atoms with Gasteiger partial charge in [-0.2, -0.15) is 0 Å². The van der Waals surface area contributed by atoms with Crippen LogP contribution in [0.15, 0.2) is 34.6 Å². The van der Waals surface area contributed by atoms with E-state index in [-0.39, 0.29) is 5.91 Å². The van der Waals surface area contributed by atoms with Crippen LogP contribution in [0.2, 0.25) is 0 Å². The molecule has 1 aliphatic carbocycles. The molecule has 0 saturated heterocycles. The molecule has 2 N–H and O–H groups in total. The van der Waals surface area contributed by atoms with Gasteiger partial charge in [-0.25, -0.2) is 0 Å². The number of nitrogens with one attached hydrogen (secondary N) is 2. The Morgan fingerprint density at radius 2 is 2.19 bits per heavy atom. The van der Waals surface area contributed by atoms with Crippen LogP contribution in [-0.2, 0) is 9.59 Å². The number of carbonyl (C=O) groups is 2. The van der Waals surface area contributed by atoms with E-state index in [4.69, 9.17) is 0 Å². The van der Waals surface area contributed by atoms with E-state index in [0.29, 0.717) is 17.7 Å². The van der Waals surface area contributed by atoms with Crippen LogP contribution < -0.4 is 10.6 Å². The zero-order chi connectivity index (χ0) is 12.1. The molecule has 4 nitrogen and oxygen atoms in total. The van der Waals surface area contributed by atoms with Gasteiger partial charge in [0.1, 0.15) is 0 Å². The third-order valence-electron chi connectivity index (χ3n) is 2.57. The number of rotatable bonds is 4. The molecule has 86 valence electrons. The first-order valence-electron chi connectivity index (χ1n) is 5.11. The Kier molecular flexibility index (Phi) is 4.05. The van der Waals surface area contributed by atoms with E-state index in [1.807, 2.05) is 19.1 Å². The predicted molar refractivity (Wildman–Crippen MR) is 62.4 cm³/mol. The normalized spacial score (nSPS) is 15.9. The highest BCUT2D eigenvalue weighted by Crippen LogP contribution is 2.27. The van der Waals surface area contributed by atoms with Gasteiger partial charge in [-0.05, 0) is 31.4 Å². The highest BCUT2D eigenvalue weighted by molar-refractivity contribution is 5.99. The lowest BCUT2D eigenvalue weighted by molar-refractivity contribution is -0.116. The number of allylic oxidation sites excluding steroid dienone is 4. The lowest BCUT2D eigenvalue weighted by Crippen LogP contribution is -2.25. The highest BCUT2D eigenvalue weighted by Gasteiger charge is 2.19. The van der Waals surface area contributed by atoms with Gasteiger partial charge in [0.25, 0.3) is 5.91 Å². The Morgan fingerprint density at radius 1 is 1.50 bits per heavy atom. The van der Waals surface area contributed by atoms with E-state index in [0.717, 1.165) is 17.6 Å². The minimum Gasteiger partial charge on any atom is -0.355 e. The molecule has 1 rings (SSSR count). The SMILES string of the molecule is CNC(=O)/C(C1=C(C)C=CC1)=C(\C)NC=O. The molecule has 2 amide bonds. The van der Waals surface area contributed by atoms with Crippen molar-refractivity contribution < 1.29 is 9.59 Å². The smallest absolute Gasteiger partial charge is 0.253 e. The molecule has 0 aromatic carbocycles. The quantitative estimate of drug-likeness (QED) is 0.549. The Balaban J connectivity index is 3.16. The Hall–Kier alpha value is -1.84. The Labute approximate surface area is 95.1 Å². The number of amides is 2. The van der Waals surface area contributed by atoms with Crippen LogP contribution in [0.3, 0.4) is 0 Å². The van der Waals surface area contributed by atoms with Crippen LogP contribution >= 0.6 is 0 Å². The van der Waals surface area contributed by atoms with Crippen molar-refractivity contribution in [3.05, 3.63) is 34.6 Å². The van der Waals surface area contributed by atoms with Crippen LogP contribution in [-0.4, -0.2) is 19.4 Å². The van der Waals surface area contributed by atoms with Crippen molar-refractivity contribution in [2.45, 2.75) is 20.3 Å². The minimum absolute atomic E-state index is 0.176. The summed E-state index contributed by atoms with van der Waals surface area (Å²) >= 11 is 0. The second kappa shape index (κ2) is 5.30. The summed E-state index contributed by atoms with van der Waals surface area (Å²) in [5.74, 6) is -0.176. The van der Waals surface area contributed by atoms with Gasteiger partial charge in [0, 0.05) is 12.7 Å². The van der Waals surface area contributed by atoms with Crippen molar-refractivity contribution in [1.82, 2.24) is 10.6 Å². The van der Waals surface area contributed by atoms with Gasteiger partial charge >= 0.3 is 0 Å². The molecule has 0 aromatic rings. The molecule has 0 saturated carbocycles. The predicted octanol–water partition coefficient (Wildman–Crippen LogP) is 1.03. The molecule has 0 heterocycles. The van der Waals surface area contributed by atoms with Crippen molar-refractivity contribution >= 4 is 12.3 Å². The molecule has 0 radical (unpaired) electrons. The van der Waals surface area contributed by atoms with Crippen molar-refractivity contribution in [3.8, 4) is 0 Å². The summed E-state index contributed by atoms with van der Waals surface area (Å²) < 4.78 is 0. The van der Waals surface area contributed by atoms with Crippen LogP contribution in [0.25, 0.3) is 0 Å². The molecule has 0 bridgehead atoms. The van der Waals surface area contributed by atoms with Gasteiger partial charge in [-0.1, -0.05) is 12.2 Å². The van der Waals surface area contributed by atoms with Gasteiger partial charge in [-0.3, -0.25) is 9.59 Å². The van der Waals surface area contributed by atoms with E-state index >= 15 is 0 Å². The average molecular weight is 220 g/mol. The fraction of sp³-hybridized carbons (Fsp3) is 0.333. The summed E-state index contributed by atoms with van der Waals surface area (Å²) in [7, 11) is 1.58. The molecule has 4 heteroatoms. The molecule has 0 fully saturated rings. The maximum absolute atomic E-state index is 11.8. The van der Waals surface area contributed by atoms with E-state index < -0.39 is 0 Å². The topological polar surface area (TPSA) is 58.2 Å². The van der Waals surface area contributed by atoms with Gasteiger partial charge in [0.15, 0.2) is 0 Å². The molecular weight excluding hydrogens is 204 g/mol. The monoisotopic (exact) mass is 220 g/mol. The summed E-state index contributed by atoms with van der Waals surface area (Å²) in [5.41, 5.74) is 3.15. The minimum atomic E-state index is -0.176. The fourth-order valence-corrected chi connectivity index (χ4v) is 1.73. The number of likely N-dealkylation sites (N-methyl/N-ethyl adjacent to an activating group) is 1. The summed E-state index contributed by atoms with van der Waals surface area (Å²) in [4.78, 5) is 22.2. The number of hydrogen-bond donors (Lipinski definition) is 2. The second-order valence-electron chi connectivity index (χ2n) is 3.61. The number of carbonyl (C=O) groups excluding carboxylic acids is 2. The molecule has 0 unspecified atom stereocenters. The molecular formula is C12H16N2O2. The first-order chi connectivity index (χ1) is 7.61. The Bertz CT molecular complexity index is 403. The zero-order valence-electron chi connectivity index (χ0n) is 9.76. The van der Waals surface area contributed by atoms with Gasteiger partial charge in [0.05, 0.1) is 5.57 Å². The van der Waals surface area contributed by atoms with Crippen molar-refractivity contribution in [1.29, 1.82) is 0 Å².